The van der Waals surface area contributed by atoms with Crippen LogP contribution in [0, 0.1) is 6.92 Å². The van der Waals surface area contributed by atoms with E-state index in [-0.39, 0.29) is 19.0 Å². The second-order valence-corrected chi connectivity index (χ2v) is 3.57. The van der Waals surface area contributed by atoms with E-state index in [4.69, 9.17) is 11.6 Å². The molecule has 0 unspecified atom stereocenters. The van der Waals surface area contributed by atoms with E-state index in [1.165, 1.54) is 6.07 Å². The fourth-order valence-electron chi connectivity index (χ4n) is 1.34. The summed E-state index contributed by atoms with van der Waals surface area (Å²) in [5.41, 5.74) is 8.38. The normalized spacial score (nSPS) is 9.67. The van der Waals surface area contributed by atoms with Crippen molar-refractivity contribution in [2.45, 2.75) is 6.92 Å². The van der Waals surface area contributed by atoms with E-state index >= 15 is 0 Å². The summed E-state index contributed by atoms with van der Waals surface area (Å²) in [6.45, 7) is 2.31. The number of carbonyl (C=O) groups excluding carboxylic acids is 2. The lowest BCUT2D eigenvalue weighted by molar-refractivity contribution is 0.0953. The third kappa shape index (κ3) is 4.26. The number of hydrogen-bond acceptors (Lipinski definition) is 5. The van der Waals surface area contributed by atoms with Gasteiger partial charge < -0.3 is 21.8 Å². The molecule has 0 spiro atoms. The summed E-state index contributed by atoms with van der Waals surface area (Å²) in [5.74, 6) is 5.37. The van der Waals surface area contributed by atoms with Gasteiger partial charge in [0.2, 0.25) is 0 Å². The second-order valence-electron chi connectivity index (χ2n) is 3.57. The first-order valence-electron chi connectivity index (χ1n) is 5.29. The van der Waals surface area contributed by atoms with Gasteiger partial charge in [-0.2, -0.15) is 0 Å². The lowest BCUT2D eigenvalue weighted by Crippen LogP contribution is -2.37. The lowest BCUT2D eigenvalue weighted by Gasteiger charge is -2.07. The number of aromatic nitrogens is 1. The van der Waals surface area contributed by atoms with Crippen LogP contribution in [-0.2, 0) is 0 Å². The van der Waals surface area contributed by atoms with Gasteiger partial charge in [-0.05, 0) is 19.1 Å². The smallest absolute Gasteiger partial charge is 0.312 e. The Hall–Kier alpha value is -2.35. The maximum absolute atomic E-state index is 11.8. The summed E-state index contributed by atoms with van der Waals surface area (Å²) in [6, 6.07) is 2.54. The van der Waals surface area contributed by atoms with Crippen molar-refractivity contribution in [3.8, 4) is 0 Å². The maximum Gasteiger partial charge on any atom is 0.312 e. The van der Waals surface area contributed by atoms with E-state index in [1.807, 2.05) is 0 Å². The molecular formula is C10H16N6O2. The van der Waals surface area contributed by atoms with Gasteiger partial charge in [-0.1, -0.05) is 0 Å². The average Bonchev–Trinajstić information content (AvgIpc) is 2.33. The Kier molecular flexibility index (Phi) is 4.88. The zero-order valence-corrected chi connectivity index (χ0v) is 9.99. The molecule has 98 valence electrons. The van der Waals surface area contributed by atoms with Gasteiger partial charge in [0.1, 0.15) is 5.82 Å². The summed E-state index contributed by atoms with van der Waals surface area (Å²) in [5, 5.41) is 4.99. The van der Waals surface area contributed by atoms with Crippen molar-refractivity contribution in [1.82, 2.24) is 15.6 Å². The molecule has 3 amide bonds. The predicted molar refractivity (Wildman–Crippen MR) is 66.7 cm³/mol. The van der Waals surface area contributed by atoms with E-state index in [0.717, 1.165) is 0 Å². The van der Waals surface area contributed by atoms with Gasteiger partial charge in [-0.25, -0.2) is 15.6 Å². The van der Waals surface area contributed by atoms with Gasteiger partial charge in [-0.3, -0.25) is 4.79 Å². The Bertz CT molecular complexity index is 448. The van der Waals surface area contributed by atoms with Gasteiger partial charge in [0.05, 0.1) is 0 Å². The summed E-state index contributed by atoms with van der Waals surface area (Å²) >= 11 is 0. The van der Waals surface area contributed by atoms with Crippen molar-refractivity contribution in [2.24, 2.45) is 11.6 Å². The van der Waals surface area contributed by atoms with E-state index in [9.17, 15) is 9.59 Å². The fourth-order valence-corrected chi connectivity index (χ4v) is 1.34. The Morgan fingerprint density at radius 1 is 1.28 bits per heavy atom. The monoisotopic (exact) mass is 252 g/mol. The van der Waals surface area contributed by atoms with Gasteiger partial charge >= 0.3 is 6.03 Å². The van der Waals surface area contributed by atoms with Crippen molar-refractivity contribution >= 4 is 17.8 Å². The number of nitrogens with one attached hydrogen (secondary N) is 3. The first-order valence-corrected chi connectivity index (χ1v) is 5.29. The van der Waals surface area contributed by atoms with Gasteiger partial charge in [-0.15, -0.1) is 0 Å². The zero-order chi connectivity index (χ0) is 13.5. The number of carbonyl (C=O) groups is 2. The number of primary amides is 1. The SMILES string of the molecule is Cc1cc(C(=O)NCCNC(N)=O)cc(NN)n1. The molecule has 0 radical (unpaired) electrons. The van der Waals surface area contributed by atoms with E-state index < -0.39 is 6.03 Å². The van der Waals surface area contributed by atoms with Crippen molar-refractivity contribution in [3.63, 3.8) is 0 Å². The molecule has 1 heterocycles. The molecule has 1 aromatic rings. The topological polar surface area (TPSA) is 135 Å². The van der Waals surface area contributed by atoms with Crippen LogP contribution >= 0.6 is 0 Å². The standard InChI is InChI=1S/C10H16N6O2/c1-6-4-7(5-8(15-6)16-12)9(17)13-2-3-14-10(11)18/h4-5H,2-3,12H2,1H3,(H,13,17)(H,15,16)(H3,11,14,18). The molecule has 18 heavy (non-hydrogen) atoms. The fraction of sp³-hybridized carbons (Fsp3) is 0.300. The van der Waals surface area contributed by atoms with Crippen molar-refractivity contribution in [3.05, 3.63) is 23.4 Å². The third-order valence-electron chi connectivity index (χ3n) is 2.07. The van der Waals surface area contributed by atoms with Crippen LogP contribution in [0.25, 0.3) is 0 Å². The van der Waals surface area contributed by atoms with Crippen LogP contribution in [0.2, 0.25) is 0 Å². The molecule has 0 aliphatic carbocycles. The van der Waals surface area contributed by atoms with Gasteiger partial charge in [0.25, 0.3) is 5.91 Å². The van der Waals surface area contributed by atoms with Crippen molar-refractivity contribution in [1.29, 1.82) is 0 Å². The van der Waals surface area contributed by atoms with Crippen LogP contribution in [0.15, 0.2) is 12.1 Å². The largest absolute Gasteiger partial charge is 0.352 e. The predicted octanol–water partition coefficient (Wildman–Crippen LogP) is -0.926. The van der Waals surface area contributed by atoms with Crippen LogP contribution in [0.4, 0.5) is 10.6 Å². The van der Waals surface area contributed by atoms with Crippen LogP contribution in [0.1, 0.15) is 16.1 Å². The number of hydrazine groups is 1. The van der Waals surface area contributed by atoms with Crippen LogP contribution in [0.5, 0.6) is 0 Å². The Labute approximate surface area is 104 Å². The molecular weight excluding hydrogens is 236 g/mol. The summed E-state index contributed by atoms with van der Waals surface area (Å²) in [4.78, 5) is 26.2. The Balaban J connectivity index is 2.55. The molecule has 0 saturated carbocycles. The molecule has 1 aromatic heterocycles. The van der Waals surface area contributed by atoms with Crippen LogP contribution in [0.3, 0.4) is 0 Å². The van der Waals surface area contributed by atoms with E-state index in [2.05, 4.69) is 21.0 Å². The number of amides is 3. The molecule has 8 heteroatoms. The molecule has 0 aliphatic rings. The van der Waals surface area contributed by atoms with Gasteiger partial charge in [0.15, 0.2) is 0 Å². The summed E-state index contributed by atoms with van der Waals surface area (Å²) in [7, 11) is 0. The maximum atomic E-state index is 11.8. The number of nitrogens with zero attached hydrogens (tertiary/aromatic N) is 1. The number of urea groups is 1. The van der Waals surface area contributed by atoms with Gasteiger partial charge in [0, 0.05) is 24.3 Å². The number of anilines is 1. The number of aryl methyl sites for hydroxylation is 1. The zero-order valence-electron chi connectivity index (χ0n) is 9.99. The molecule has 1 rings (SSSR count). The molecule has 0 bridgehead atoms. The number of pyridine rings is 1. The Morgan fingerprint density at radius 3 is 2.56 bits per heavy atom. The second kappa shape index (κ2) is 6.40. The Morgan fingerprint density at radius 2 is 1.94 bits per heavy atom. The third-order valence-corrected chi connectivity index (χ3v) is 2.07. The highest BCUT2D eigenvalue weighted by Gasteiger charge is 2.07. The van der Waals surface area contributed by atoms with E-state index in [0.29, 0.717) is 17.1 Å². The summed E-state index contributed by atoms with van der Waals surface area (Å²) in [6.07, 6.45) is 0. The van der Waals surface area contributed by atoms with Crippen LogP contribution in [-0.4, -0.2) is 30.0 Å². The molecule has 0 fully saturated rings. The number of hydrogen-bond donors (Lipinski definition) is 5. The molecule has 0 aromatic carbocycles. The minimum Gasteiger partial charge on any atom is -0.352 e. The minimum atomic E-state index is -0.626. The molecule has 0 aliphatic heterocycles. The van der Waals surface area contributed by atoms with Crippen molar-refractivity contribution < 1.29 is 9.59 Å². The van der Waals surface area contributed by atoms with Crippen LogP contribution < -0.4 is 27.6 Å². The highest BCUT2D eigenvalue weighted by atomic mass is 16.2. The average molecular weight is 252 g/mol. The summed E-state index contributed by atoms with van der Waals surface area (Å²) < 4.78 is 0. The quantitative estimate of drug-likeness (QED) is 0.262. The first-order chi connectivity index (χ1) is 8.52. The highest BCUT2D eigenvalue weighted by Crippen LogP contribution is 2.08. The van der Waals surface area contributed by atoms with Crippen molar-refractivity contribution in [2.75, 3.05) is 18.5 Å². The molecule has 0 saturated heterocycles. The number of rotatable bonds is 5. The van der Waals surface area contributed by atoms with E-state index in [1.54, 1.807) is 13.0 Å². The number of nitrogens with two attached hydrogens (primary N) is 2. The minimum absolute atomic E-state index is 0.271. The lowest BCUT2D eigenvalue weighted by atomic mass is 10.2. The number of nitrogen functional groups attached to an aromatic ring is 1. The molecule has 0 atom stereocenters. The molecule has 7 N–H and O–H groups in total. The highest BCUT2D eigenvalue weighted by molar-refractivity contribution is 5.95. The first kappa shape index (κ1) is 13.7. The molecule has 8 nitrogen and oxygen atoms in total.